The summed E-state index contributed by atoms with van der Waals surface area (Å²) in [4.78, 5) is 4.30. The molecule has 3 rings (SSSR count). The van der Waals surface area contributed by atoms with Gasteiger partial charge >= 0.3 is 0 Å². The normalized spacial score (nSPS) is 10.8. The average molecular weight is 255 g/mol. The molecule has 0 bridgehead atoms. The maximum Gasteiger partial charge on any atom is 0.240 e. The van der Waals surface area contributed by atoms with Crippen LogP contribution in [0.15, 0.2) is 36.4 Å². The molecule has 0 saturated carbocycles. The zero-order chi connectivity index (χ0) is 13.2. The summed E-state index contributed by atoms with van der Waals surface area (Å²) >= 11 is 0. The average Bonchev–Trinajstić information content (AvgIpc) is 2.84. The number of pyridine rings is 1. The van der Waals surface area contributed by atoms with Gasteiger partial charge in [-0.1, -0.05) is 18.2 Å². The van der Waals surface area contributed by atoms with Crippen LogP contribution in [0.1, 0.15) is 11.4 Å². The van der Waals surface area contributed by atoms with Crippen LogP contribution in [0.3, 0.4) is 0 Å². The minimum absolute atomic E-state index is 0.124. The van der Waals surface area contributed by atoms with Gasteiger partial charge in [-0.2, -0.15) is 0 Å². The van der Waals surface area contributed by atoms with Crippen LogP contribution in [-0.2, 0) is 6.61 Å². The molecule has 0 aliphatic rings. The third-order valence-corrected chi connectivity index (χ3v) is 2.80. The van der Waals surface area contributed by atoms with Crippen LogP contribution in [0.4, 0.5) is 0 Å². The Kier molecular flexibility index (Phi) is 2.89. The minimum atomic E-state index is -0.124. The number of benzene rings is 1. The molecule has 2 heterocycles. The highest BCUT2D eigenvalue weighted by Crippen LogP contribution is 2.28. The molecule has 3 aromatic rings. The molecule has 5 nitrogen and oxygen atoms in total. The second-order valence-electron chi connectivity index (χ2n) is 4.29. The van der Waals surface area contributed by atoms with E-state index in [9.17, 15) is 5.11 Å². The third-order valence-electron chi connectivity index (χ3n) is 2.80. The Labute approximate surface area is 109 Å². The lowest BCUT2D eigenvalue weighted by Gasteiger charge is -2.07. The minimum Gasteiger partial charge on any atom is -0.418 e. The van der Waals surface area contributed by atoms with Crippen LogP contribution in [0.25, 0.3) is 10.8 Å². The summed E-state index contributed by atoms with van der Waals surface area (Å²) < 4.78 is 5.69. The maximum absolute atomic E-state index is 9.25. The highest BCUT2D eigenvalue weighted by Gasteiger charge is 2.09. The van der Waals surface area contributed by atoms with Crippen LogP contribution in [0, 0.1) is 6.92 Å². The molecule has 1 aromatic carbocycles. The highest BCUT2D eigenvalue weighted by molar-refractivity contribution is 5.87. The van der Waals surface area contributed by atoms with Gasteiger partial charge in [0.05, 0.1) is 12.3 Å². The monoisotopic (exact) mass is 255 g/mol. The van der Waals surface area contributed by atoms with Crippen molar-refractivity contribution in [3.8, 4) is 11.8 Å². The van der Waals surface area contributed by atoms with Crippen molar-refractivity contribution in [1.82, 2.24) is 15.2 Å². The van der Waals surface area contributed by atoms with Gasteiger partial charge in [0.1, 0.15) is 0 Å². The van der Waals surface area contributed by atoms with Crippen LogP contribution in [0.2, 0.25) is 0 Å². The van der Waals surface area contributed by atoms with Gasteiger partial charge in [-0.15, -0.1) is 5.10 Å². The SMILES string of the molecule is Cc1cc(Oc2nc(CO)cc3ccccc23)n[nH]1. The first-order chi connectivity index (χ1) is 9.26. The first-order valence-electron chi connectivity index (χ1n) is 5.95. The van der Waals surface area contributed by atoms with Crippen LogP contribution < -0.4 is 4.74 Å². The van der Waals surface area contributed by atoms with E-state index in [-0.39, 0.29) is 6.61 Å². The summed E-state index contributed by atoms with van der Waals surface area (Å²) in [5.41, 5.74) is 1.48. The number of hydrogen-bond donors (Lipinski definition) is 2. The van der Waals surface area contributed by atoms with Gasteiger partial charge in [0, 0.05) is 17.1 Å². The highest BCUT2D eigenvalue weighted by atomic mass is 16.5. The molecule has 0 aliphatic carbocycles. The lowest BCUT2D eigenvalue weighted by atomic mass is 10.1. The van der Waals surface area contributed by atoms with E-state index in [2.05, 4.69) is 15.2 Å². The van der Waals surface area contributed by atoms with E-state index >= 15 is 0 Å². The molecule has 0 unspecified atom stereocenters. The summed E-state index contributed by atoms with van der Waals surface area (Å²) in [6, 6.07) is 11.4. The van der Waals surface area contributed by atoms with E-state index in [1.165, 1.54) is 0 Å². The Morgan fingerprint density at radius 2 is 2.11 bits per heavy atom. The Morgan fingerprint density at radius 1 is 1.26 bits per heavy atom. The number of nitrogens with one attached hydrogen (secondary N) is 1. The summed E-state index contributed by atoms with van der Waals surface area (Å²) in [6.45, 7) is 1.77. The molecule has 0 radical (unpaired) electrons. The largest absolute Gasteiger partial charge is 0.418 e. The number of aliphatic hydroxyl groups is 1. The number of aromatic nitrogens is 3. The second kappa shape index (κ2) is 4.70. The maximum atomic E-state index is 9.25. The first-order valence-corrected chi connectivity index (χ1v) is 5.95. The summed E-state index contributed by atoms with van der Waals surface area (Å²) in [5.74, 6) is 0.916. The number of nitrogens with zero attached hydrogens (tertiary/aromatic N) is 2. The summed E-state index contributed by atoms with van der Waals surface area (Å²) in [7, 11) is 0. The molecular formula is C14H13N3O2. The molecule has 2 N–H and O–H groups in total. The fourth-order valence-corrected chi connectivity index (χ4v) is 1.92. The second-order valence-corrected chi connectivity index (χ2v) is 4.29. The summed E-state index contributed by atoms with van der Waals surface area (Å²) in [6.07, 6.45) is 0. The third kappa shape index (κ3) is 2.28. The Balaban J connectivity index is 2.10. The number of rotatable bonds is 3. The van der Waals surface area contributed by atoms with Gasteiger partial charge in [0.15, 0.2) is 0 Å². The first kappa shape index (κ1) is 11.7. The van der Waals surface area contributed by atoms with Gasteiger partial charge in [0.2, 0.25) is 11.8 Å². The lowest BCUT2D eigenvalue weighted by molar-refractivity contribution is 0.275. The van der Waals surface area contributed by atoms with Crippen molar-refractivity contribution >= 4 is 10.8 Å². The molecule has 19 heavy (non-hydrogen) atoms. The predicted molar refractivity (Wildman–Crippen MR) is 71.1 cm³/mol. The molecule has 2 aromatic heterocycles. The van der Waals surface area contributed by atoms with Crippen molar-refractivity contribution in [3.05, 3.63) is 47.8 Å². The number of hydrogen-bond acceptors (Lipinski definition) is 4. The number of ether oxygens (including phenoxy) is 1. The molecule has 0 fully saturated rings. The van der Waals surface area contributed by atoms with E-state index in [0.717, 1.165) is 16.5 Å². The quantitative estimate of drug-likeness (QED) is 0.754. The van der Waals surface area contributed by atoms with Gasteiger partial charge in [-0.05, 0) is 24.4 Å². The number of aryl methyl sites for hydroxylation is 1. The van der Waals surface area contributed by atoms with E-state index in [0.29, 0.717) is 17.5 Å². The van der Waals surface area contributed by atoms with Crippen molar-refractivity contribution < 1.29 is 9.84 Å². The zero-order valence-electron chi connectivity index (χ0n) is 10.4. The molecule has 5 heteroatoms. The predicted octanol–water partition coefficient (Wildman–Crippen LogP) is 2.55. The van der Waals surface area contributed by atoms with Crippen LogP contribution in [-0.4, -0.2) is 20.3 Å². The molecule has 0 saturated heterocycles. The Bertz CT molecular complexity index is 722. The van der Waals surface area contributed by atoms with Crippen LogP contribution >= 0.6 is 0 Å². The van der Waals surface area contributed by atoms with Gasteiger partial charge < -0.3 is 9.84 Å². The van der Waals surface area contributed by atoms with E-state index in [1.807, 2.05) is 37.3 Å². The van der Waals surface area contributed by atoms with E-state index < -0.39 is 0 Å². The number of aromatic amines is 1. The number of fused-ring (bicyclic) bond motifs is 1. The van der Waals surface area contributed by atoms with Crippen LogP contribution in [0.5, 0.6) is 11.8 Å². The molecule has 0 spiro atoms. The number of aliphatic hydroxyl groups excluding tert-OH is 1. The topological polar surface area (TPSA) is 71.0 Å². The van der Waals surface area contributed by atoms with Crippen molar-refractivity contribution in [2.24, 2.45) is 0 Å². The molecular weight excluding hydrogens is 242 g/mol. The van der Waals surface area contributed by atoms with Gasteiger partial charge in [-0.25, -0.2) is 4.98 Å². The Morgan fingerprint density at radius 3 is 2.84 bits per heavy atom. The van der Waals surface area contributed by atoms with Gasteiger partial charge in [-0.3, -0.25) is 5.10 Å². The lowest BCUT2D eigenvalue weighted by Crippen LogP contribution is -1.95. The standard InChI is InChI=1S/C14H13N3O2/c1-9-6-13(17-16-9)19-14-12-5-3-2-4-10(12)7-11(8-18)15-14/h2-7,18H,8H2,1H3,(H,16,17). The van der Waals surface area contributed by atoms with Crippen molar-refractivity contribution in [3.63, 3.8) is 0 Å². The van der Waals surface area contributed by atoms with Crippen molar-refractivity contribution in [2.45, 2.75) is 13.5 Å². The summed E-state index contributed by atoms with van der Waals surface area (Å²) in [5, 5.41) is 18.0. The van der Waals surface area contributed by atoms with Gasteiger partial charge in [0.25, 0.3) is 0 Å². The fourth-order valence-electron chi connectivity index (χ4n) is 1.92. The fraction of sp³-hybridized carbons (Fsp3) is 0.143. The van der Waals surface area contributed by atoms with E-state index in [1.54, 1.807) is 6.07 Å². The van der Waals surface area contributed by atoms with E-state index in [4.69, 9.17) is 4.74 Å². The zero-order valence-corrected chi connectivity index (χ0v) is 10.4. The molecule has 96 valence electrons. The molecule has 0 aliphatic heterocycles. The van der Waals surface area contributed by atoms with Crippen molar-refractivity contribution in [2.75, 3.05) is 0 Å². The molecule has 0 atom stereocenters. The smallest absolute Gasteiger partial charge is 0.240 e. The Hall–Kier alpha value is -2.40. The molecule has 0 amide bonds. The van der Waals surface area contributed by atoms with Crippen molar-refractivity contribution in [1.29, 1.82) is 0 Å². The number of H-pyrrole nitrogens is 1.